The summed E-state index contributed by atoms with van der Waals surface area (Å²) in [6.45, 7) is 8.35. The smallest absolute Gasteiger partial charge is 0.123 e. The van der Waals surface area contributed by atoms with Gasteiger partial charge in [-0.3, -0.25) is 4.90 Å². The molecule has 0 bridgehead atoms. The minimum Gasteiger partial charge on any atom is -0.496 e. The molecule has 114 valence electrons. The Balaban J connectivity index is 3.04. The summed E-state index contributed by atoms with van der Waals surface area (Å²) < 4.78 is 5.49. The maximum absolute atomic E-state index is 9.39. The highest BCUT2D eigenvalue weighted by atomic mass is 16.5. The third-order valence-electron chi connectivity index (χ3n) is 4.01. The molecule has 0 saturated carbocycles. The zero-order valence-electron chi connectivity index (χ0n) is 13.3. The van der Waals surface area contributed by atoms with E-state index in [2.05, 4.69) is 37.1 Å². The molecule has 0 heterocycles. The van der Waals surface area contributed by atoms with Crippen molar-refractivity contribution in [3.05, 3.63) is 29.8 Å². The highest BCUT2D eigenvalue weighted by Crippen LogP contribution is 2.34. The Morgan fingerprint density at radius 3 is 2.50 bits per heavy atom. The lowest BCUT2D eigenvalue weighted by molar-refractivity contribution is 0.0951. The minimum atomic E-state index is -0.161. The monoisotopic (exact) mass is 280 g/mol. The van der Waals surface area contributed by atoms with Crippen LogP contribution in [0.15, 0.2) is 24.3 Å². The van der Waals surface area contributed by atoms with Gasteiger partial charge in [0.25, 0.3) is 0 Å². The average Bonchev–Trinajstić information content (AvgIpc) is 2.48. The van der Waals surface area contributed by atoms with Crippen LogP contribution in [-0.2, 0) is 5.54 Å². The molecule has 0 aromatic heterocycles. The SMILES string of the molecule is CCN(CC(CO)NC)C(C)(C)c1ccccc1OC. The van der Waals surface area contributed by atoms with E-state index in [1.54, 1.807) is 7.11 Å². The second-order valence-corrected chi connectivity index (χ2v) is 5.47. The normalized spacial score (nSPS) is 13.6. The Labute approximate surface area is 122 Å². The van der Waals surface area contributed by atoms with Gasteiger partial charge in [-0.1, -0.05) is 25.1 Å². The van der Waals surface area contributed by atoms with Crippen LogP contribution in [0.5, 0.6) is 5.75 Å². The van der Waals surface area contributed by atoms with E-state index in [4.69, 9.17) is 4.74 Å². The van der Waals surface area contributed by atoms with E-state index < -0.39 is 0 Å². The van der Waals surface area contributed by atoms with Crippen molar-refractivity contribution >= 4 is 0 Å². The fraction of sp³-hybridized carbons (Fsp3) is 0.625. The van der Waals surface area contributed by atoms with E-state index >= 15 is 0 Å². The molecule has 1 aromatic rings. The van der Waals surface area contributed by atoms with E-state index in [0.29, 0.717) is 0 Å². The van der Waals surface area contributed by atoms with Crippen LogP contribution >= 0.6 is 0 Å². The number of ether oxygens (including phenoxy) is 1. The fourth-order valence-corrected chi connectivity index (χ4v) is 2.58. The van der Waals surface area contributed by atoms with Gasteiger partial charge in [-0.2, -0.15) is 0 Å². The summed E-state index contributed by atoms with van der Waals surface area (Å²) >= 11 is 0. The number of hydrogen-bond donors (Lipinski definition) is 2. The molecule has 0 radical (unpaired) electrons. The van der Waals surface area contributed by atoms with Crippen LogP contribution in [0.25, 0.3) is 0 Å². The molecule has 4 nitrogen and oxygen atoms in total. The molecule has 0 amide bonds. The van der Waals surface area contributed by atoms with Crippen molar-refractivity contribution in [1.82, 2.24) is 10.2 Å². The van der Waals surface area contributed by atoms with Gasteiger partial charge >= 0.3 is 0 Å². The second-order valence-electron chi connectivity index (χ2n) is 5.47. The van der Waals surface area contributed by atoms with Crippen LogP contribution < -0.4 is 10.1 Å². The number of nitrogens with one attached hydrogen (secondary N) is 1. The van der Waals surface area contributed by atoms with Crippen LogP contribution in [0.1, 0.15) is 26.3 Å². The number of benzene rings is 1. The van der Waals surface area contributed by atoms with Gasteiger partial charge in [-0.05, 0) is 33.5 Å². The fourth-order valence-electron chi connectivity index (χ4n) is 2.58. The highest BCUT2D eigenvalue weighted by Gasteiger charge is 2.31. The van der Waals surface area contributed by atoms with Crippen molar-refractivity contribution in [1.29, 1.82) is 0 Å². The number of likely N-dealkylation sites (N-methyl/N-ethyl adjacent to an activating group) is 2. The van der Waals surface area contributed by atoms with Gasteiger partial charge in [0.05, 0.1) is 13.7 Å². The first-order valence-corrected chi connectivity index (χ1v) is 7.17. The van der Waals surface area contributed by atoms with Gasteiger partial charge in [-0.15, -0.1) is 0 Å². The second kappa shape index (κ2) is 7.62. The maximum Gasteiger partial charge on any atom is 0.123 e. The topological polar surface area (TPSA) is 44.7 Å². The molecule has 0 fully saturated rings. The Bertz CT molecular complexity index is 403. The summed E-state index contributed by atoms with van der Waals surface area (Å²) in [7, 11) is 3.58. The van der Waals surface area contributed by atoms with Gasteiger partial charge < -0.3 is 15.2 Å². The molecule has 0 spiro atoms. The zero-order chi connectivity index (χ0) is 15.2. The van der Waals surface area contributed by atoms with Crippen molar-refractivity contribution < 1.29 is 9.84 Å². The third kappa shape index (κ3) is 3.72. The molecule has 0 aliphatic carbocycles. The predicted octanol–water partition coefficient (Wildman–Crippen LogP) is 1.83. The molecule has 1 rings (SSSR count). The van der Waals surface area contributed by atoms with Crippen LogP contribution in [0.3, 0.4) is 0 Å². The standard InChI is InChI=1S/C16H28N2O2/c1-6-18(11-13(12-19)17-4)16(2,3)14-9-7-8-10-15(14)20-5/h7-10,13,17,19H,6,11-12H2,1-5H3. The number of para-hydroxylation sites is 1. The lowest BCUT2D eigenvalue weighted by Crippen LogP contribution is -2.49. The molecular formula is C16H28N2O2. The Morgan fingerprint density at radius 1 is 1.35 bits per heavy atom. The predicted molar refractivity (Wildman–Crippen MR) is 83.2 cm³/mol. The number of nitrogens with zero attached hydrogens (tertiary/aromatic N) is 1. The summed E-state index contributed by atoms with van der Waals surface area (Å²) in [5.74, 6) is 0.904. The molecule has 1 atom stereocenters. The first-order valence-electron chi connectivity index (χ1n) is 7.17. The molecule has 1 aromatic carbocycles. The van der Waals surface area contributed by atoms with Crippen LogP contribution in [0, 0.1) is 0 Å². The summed E-state index contributed by atoms with van der Waals surface area (Å²) in [5.41, 5.74) is 1.00. The Kier molecular flexibility index (Phi) is 6.46. The van der Waals surface area contributed by atoms with Crippen molar-refractivity contribution in [2.24, 2.45) is 0 Å². The van der Waals surface area contributed by atoms with Crippen molar-refractivity contribution in [2.45, 2.75) is 32.4 Å². The minimum absolute atomic E-state index is 0.0731. The molecule has 20 heavy (non-hydrogen) atoms. The van der Waals surface area contributed by atoms with E-state index in [1.807, 2.05) is 25.2 Å². The van der Waals surface area contributed by atoms with Crippen molar-refractivity contribution in [3.63, 3.8) is 0 Å². The molecular weight excluding hydrogens is 252 g/mol. The van der Waals surface area contributed by atoms with Crippen LogP contribution in [0.4, 0.5) is 0 Å². The highest BCUT2D eigenvalue weighted by molar-refractivity contribution is 5.38. The number of aliphatic hydroxyl groups excluding tert-OH is 1. The van der Waals surface area contributed by atoms with Crippen molar-refractivity contribution in [3.8, 4) is 5.75 Å². The first-order chi connectivity index (χ1) is 9.51. The molecule has 4 heteroatoms. The number of rotatable bonds is 8. The van der Waals surface area contributed by atoms with E-state index in [1.165, 1.54) is 0 Å². The summed E-state index contributed by atoms with van der Waals surface area (Å²) in [6.07, 6.45) is 0. The Hall–Kier alpha value is -1.10. The molecule has 2 N–H and O–H groups in total. The number of aliphatic hydroxyl groups is 1. The number of hydrogen-bond acceptors (Lipinski definition) is 4. The molecule has 1 unspecified atom stereocenters. The van der Waals surface area contributed by atoms with Crippen LogP contribution in [0.2, 0.25) is 0 Å². The van der Waals surface area contributed by atoms with E-state index in [-0.39, 0.29) is 18.2 Å². The maximum atomic E-state index is 9.39. The molecule has 0 aliphatic rings. The lowest BCUT2D eigenvalue weighted by Gasteiger charge is -2.40. The lowest BCUT2D eigenvalue weighted by atomic mass is 9.90. The molecule has 0 aliphatic heterocycles. The van der Waals surface area contributed by atoms with Gasteiger partial charge in [0.15, 0.2) is 0 Å². The van der Waals surface area contributed by atoms with Gasteiger partial charge in [0, 0.05) is 23.7 Å². The first kappa shape index (κ1) is 17.0. The van der Waals surface area contributed by atoms with Gasteiger partial charge in [0.1, 0.15) is 5.75 Å². The van der Waals surface area contributed by atoms with E-state index in [9.17, 15) is 5.11 Å². The summed E-state index contributed by atoms with van der Waals surface area (Å²) in [6, 6.07) is 8.19. The van der Waals surface area contributed by atoms with Gasteiger partial charge in [-0.25, -0.2) is 0 Å². The third-order valence-corrected chi connectivity index (χ3v) is 4.01. The van der Waals surface area contributed by atoms with E-state index in [0.717, 1.165) is 24.4 Å². The Morgan fingerprint density at radius 2 is 2.00 bits per heavy atom. The molecule has 0 saturated heterocycles. The van der Waals surface area contributed by atoms with Crippen molar-refractivity contribution in [2.75, 3.05) is 33.9 Å². The number of methoxy groups -OCH3 is 1. The summed E-state index contributed by atoms with van der Waals surface area (Å²) in [4.78, 5) is 2.35. The van der Waals surface area contributed by atoms with Crippen LogP contribution in [-0.4, -0.2) is 49.9 Å². The average molecular weight is 280 g/mol. The summed E-state index contributed by atoms with van der Waals surface area (Å²) in [5, 5.41) is 12.5. The zero-order valence-corrected chi connectivity index (χ0v) is 13.3. The van der Waals surface area contributed by atoms with Gasteiger partial charge in [0.2, 0.25) is 0 Å². The quantitative estimate of drug-likeness (QED) is 0.762. The largest absolute Gasteiger partial charge is 0.496 e.